The second kappa shape index (κ2) is 6.32. The fourth-order valence-electron chi connectivity index (χ4n) is 1.48. The van der Waals surface area contributed by atoms with E-state index < -0.39 is 18.1 Å². The number of aliphatic carboxylic acids is 1. The predicted octanol–water partition coefficient (Wildman–Crippen LogP) is 0.977. The molecule has 0 aromatic rings. The molecule has 0 spiro atoms. The molecule has 6 nitrogen and oxygen atoms in total. The third-order valence-corrected chi connectivity index (χ3v) is 2.43. The Bertz CT molecular complexity index is 257. The van der Waals surface area contributed by atoms with Crippen LogP contribution in [0.15, 0.2) is 0 Å². The molecule has 0 aromatic carbocycles. The normalized spacial score (nSPS) is 20.6. The summed E-state index contributed by atoms with van der Waals surface area (Å²) in [7, 11) is 0. The smallest absolute Gasteiger partial charge is 0.424 e. The number of carbonyl (C=O) groups is 2. The Morgan fingerprint density at radius 1 is 1.56 bits per heavy atom. The molecule has 1 heterocycles. The predicted molar refractivity (Wildman–Crippen MR) is 56.8 cm³/mol. The average molecular weight is 230 g/mol. The van der Waals surface area contributed by atoms with Crippen molar-refractivity contribution in [3.63, 3.8) is 0 Å². The number of ether oxygens (including phenoxy) is 1. The van der Waals surface area contributed by atoms with Crippen LogP contribution in [0.25, 0.3) is 0 Å². The van der Waals surface area contributed by atoms with Gasteiger partial charge in [-0.1, -0.05) is 13.3 Å². The van der Waals surface area contributed by atoms with E-state index in [1.54, 1.807) is 0 Å². The minimum Gasteiger partial charge on any atom is -0.480 e. The van der Waals surface area contributed by atoms with E-state index in [1.807, 2.05) is 6.92 Å². The van der Waals surface area contributed by atoms with Crippen LogP contribution in [-0.4, -0.2) is 41.4 Å². The third kappa shape index (κ3) is 3.69. The fourth-order valence-corrected chi connectivity index (χ4v) is 1.48. The van der Waals surface area contributed by atoms with Crippen molar-refractivity contribution in [1.29, 1.82) is 0 Å². The van der Waals surface area contributed by atoms with Crippen LogP contribution in [0.3, 0.4) is 0 Å². The second-order valence-electron chi connectivity index (χ2n) is 3.78. The SMILES string of the molecule is CCCCOC(=O)N1CCC[C@@H](C(=O)O)N1. The molecule has 1 amide bonds. The van der Waals surface area contributed by atoms with Crippen LogP contribution in [0.5, 0.6) is 0 Å². The highest BCUT2D eigenvalue weighted by molar-refractivity contribution is 5.74. The lowest BCUT2D eigenvalue weighted by Crippen LogP contribution is -2.55. The first-order valence-corrected chi connectivity index (χ1v) is 5.58. The Labute approximate surface area is 94.5 Å². The minimum absolute atomic E-state index is 0.380. The summed E-state index contributed by atoms with van der Waals surface area (Å²) in [5, 5.41) is 10.1. The van der Waals surface area contributed by atoms with Crippen LogP contribution in [0.4, 0.5) is 4.79 Å². The number of carboxylic acids is 1. The van der Waals surface area contributed by atoms with E-state index in [0.29, 0.717) is 26.0 Å². The molecule has 1 aliphatic heterocycles. The monoisotopic (exact) mass is 230 g/mol. The summed E-state index contributed by atoms with van der Waals surface area (Å²) in [5.41, 5.74) is 2.64. The van der Waals surface area contributed by atoms with Gasteiger partial charge in [-0.3, -0.25) is 4.79 Å². The molecular weight excluding hydrogens is 212 g/mol. The van der Waals surface area contributed by atoms with Gasteiger partial charge in [0, 0.05) is 6.54 Å². The molecule has 92 valence electrons. The Morgan fingerprint density at radius 3 is 2.94 bits per heavy atom. The van der Waals surface area contributed by atoms with Gasteiger partial charge in [0.25, 0.3) is 0 Å². The number of nitrogens with zero attached hydrogens (tertiary/aromatic N) is 1. The lowest BCUT2D eigenvalue weighted by atomic mass is 10.1. The molecule has 1 atom stereocenters. The maximum atomic E-state index is 11.5. The molecule has 0 bridgehead atoms. The van der Waals surface area contributed by atoms with E-state index in [-0.39, 0.29) is 0 Å². The van der Waals surface area contributed by atoms with Crippen LogP contribution in [0, 0.1) is 0 Å². The van der Waals surface area contributed by atoms with Crippen LogP contribution in [0.1, 0.15) is 32.6 Å². The summed E-state index contributed by atoms with van der Waals surface area (Å²) in [6.45, 7) is 2.88. The number of carbonyl (C=O) groups excluding carboxylic acids is 1. The lowest BCUT2D eigenvalue weighted by Gasteiger charge is -2.30. The third-order valence-electron chi connectivity index (χ3n) is 2.43. The van der Waals surface area contributed by atoms with Gasteiger partial charge in [0.15, 0.2) is 0 Å². The molecule has 1 saturated heterocycles. The van der Waals surface area contributed by atoms with Gasteiger partial charge in [-0.05, 0) is 19.3 Å². The van der Waals surface area contributed by atoms with E-state index in [1.165, 1.54) is 5.01 Å². The Balaban J connectivity index is 2.35. The van der Waals surface area contributed by atoms with Gasteiger partial charge in [0.05, 0.1) is 6.61 Å². The number of hydrazine groups is 1. The van der Waals surface area contributed by atoms with Gasteiger partial charge in [0.1, 0.15) is 6.04 Å². The highest BCUT2D eigenvalue weighted by atomic mass is 16.6. The standard InChI is InChI=1S/C10H18N2O4/c1-2-3-7-16-10(15)12-6-4-5-8(11-12)9(13)14/h8,11H,2-7H2,1H3,(H,13,14)/t8-/m0/s1. The van der Waals surface area contributed by atoms with Crippen molar-refractivity contribution in [2.24, 2.45) is 0 Å². The van der Waals surface area contributed by atoms with Crippen molar-refractivity contribution >= 4 is 12.1 Å². The Morgan fingerprint density at radius 2 is 2.31 bits per heavy atom. The maximum absolute atomic E-state index is 11.5. The summed E-state index contributed by atoms with van der Waals surface area (Å²) in [5.74, 6) is -0.939. The number of carboxylic acid groups (broad SMARTS) is 1. The topological polar surface area (TPSA) is 78.9 Å². The molecule has 1 rings (SSSR count). The molecule has 1 aliphatic rings. The first-order valence-electron chi connectivity index (χ1n) is 5.58. The number of hydrogen-bond donors (Lipinski definition) is 2. The summed E-state index contributed by atoms with van der Waals surface area (Å²) < 4.78 is 4.98. The van der Waals surface area contributed by atoms with E-state index in [9.17, 15) is 9.59 Å². The molecule has 0 aliphatic carbocycles. The lowest BCUT2D eigenvalue weighted by molar-refractivity contribution is -0.142. The molecular formula is C10H18N2O4. The van der Waals surface area contributed by atoms with E-state index in [4.69, 9.17) is 9.84 Å². The number of nitrogens with one attached hydrogen (secondary N) is 1. The molecule has 0 radical (unpaired) electrons. The molecule has 0 unspecified atom stereocenters. The minimum atomic E-state index is -0.939. The van der Waals surface area contributed by atoms with Crippen molar-refractivity contribution in [2.75, 3.05) is 13.2 Å². The van der Waals surface area contributed by atoms with Crippen molar-refractivity contribution in [3.05, 3.63) is 0 Å². The van der Waals surface area contributed by atoms with E-state index >= 15 is 0 Å². The van der Waals surface area contributed by atoms with Crippen LogP contribution < -0.4 is 5.43 Å². The van der Waals surface area contributed by atoms with Gasteiger partial charge in [-0.2, -0.15) is 0 Å². The van der Waals surface area contributed by atoms with Gasteiger partial charge < -0.3 is 9.84 Å². The second-order valence-corrected chi connectivity index (χ2v) is 3.78. The van der Waals surface area contributed by atoms with Gasteiger partial charge in [-0.15, -0.1) is 0 Å². The summed E-state index contributed by atoms with van der Waals surface area (Å²) in [4.78, 5) is 22.2. The van der Waals surface area contributed by atoms with E-state index in [2.05, 4.69) is 5.43 Å². The molecule has 0 saturated carbocycles. The number of unbranched alkanes of at least 4 members (excludes halogenated alkanes) is 1. The number of hydrogen-bond acceptors (Lipinski definition) is 4. The molecule has 0 aromatic heterocycles. The van der Waals surface area contributed by atoms with Crippen molar-refractivity contribution < 1.29 is 19.4 Å². The van der Waals surface area contributed by atoms with Crippen LogP contribution in [0.2, 0.25) is 0 Å². The first kappa shape index (κ1) is 12.8. The van der Waals surface area contributed by atoms with Gasteiger partial charge in [0.2, 0.25) is 0 Å². The quantitative estimate of drug-likeness (QED) is 0.704. The highest BCUT2D eigenvalue weighted by Crippen LogP contribution is 2.08. The molecule has 2 N–H and O–H groups in total. The van der Waals surface area contributed by atoms with Crippen molar-refractivity contribution in [3.8, 4) is 0 Å². The van der Waals surface area contributed by atoms with Crippen LogP contribution in [-0.2, 0) is 9.53 Å². The van der Waals surface area contributed by atoms with Crippen molar-refractivity contribution in [1.82, 2.24) is 10.4 Å². The maximum Gasteiger partial charge on any atom is 0.424 e. The zero-order valence-electron chi connectivity index (χ0n) is 9.44. The van der Waals surface area contributed by atoms with Gasteiger partial charge in [-0.25, -0.2) is 15.2 Å². The Kier molecular flexibility index (Phi) is 5.04. The number of amides is 1. The molecule has 1 fully saturated rings. The van der Waals surface area contributed by atoms with E-state index in [0.717, 1.165) is 12.8 Å². The zero-order chi connectivity index (χ0) is 12.0. The Hall–Kier alpha value is -1.30. The van der Waals surface area contributed by atoms with Crippen molar-refractivity contribution in [2.45, 2.75) is 38.6 Å². The largest absolute Gasteiger partial charge is 0.480 e. The number of rotatable bonds is 4. The zero-order valence-corrected chi connectivity index (χ0v) is 9.44. The average Bonchev–Trinajstić information content (AvgIpc) is 2.29. The summed E-state index contributed by atoms with van der Waals surface area (Å²) in [6.07, 6.45) is 2.50. The summed E-state index contributed by atoms with van der Waals surface area (Å²) in [6, 6.07) is -0.688. The first-order chi connectivity index (χ1) is 7.65. The summed E-state index contributed by atoms with van der Waals surface area (Å²) >= 11 is 0. The van der Waals surface area contributed by atoms with Crippen LogP contribution >= 0.6 is 0 Å². The fraction of sp³-hybridized carbons (Fsp3) is 0.800. The molecule has 16 heavy (non-hydrogen) atoms. The van der Waals surface area contributed by atoms with Gasteiger partial charge >= 0.3 is 12.1 Å². The molecule has 6 heteroatoms. The highest BCUT2D eigenvalue weighted by Gasteiger charge is 2.28.